The molecule has 1 fully saturated rings. The van der Waals surface area contributed by atoms with Gasteiger partial charge in [-0.15, -0.1) is 0 Å². The molecule has 3 heteroatoms. The molecule has 0 unspecified atom stereocenters. The summed E-state index contributed by atoms with van der Waals surface area (Å²) >= 11 is 0. The molecular weight excluding hydrogens is 212 g/mol. The van der Waals surface area contributed by atoms with Crippen LogP contribution in [0.5, 0.6) is 0 Å². The van der Waals surface area contributed by atoms with Crippen LogP contribution >= 0.6 is 0 Å². The zero-order valence-electron chi connectivity index (χ0n) is 12.1. The molecule has 0 bridgehead atoms. The number of piperidine rings is 1. The molecular formula is C14H28N2O. The highest BCUT2D eigenvalue weighted by atomic mass is 16.2. The summed E-state index contributed by atoms with van der Waals surface area (Å²) in [6.07, 6.45) is 2.53. The lowest BCUT2D eigenvalue weighted by Gasteiger charge is -2.37. The maximum atomic E-state index is 11.2. The Bertz CT molecular complexity index is 257. The third-order valence-corrected chi connectivity index (χ3v) is 3.37. The molecule has 1 rings (SSSR count). The van der Waals surface area contributed by atoms with Crippen LogP contribution in [0.4, 0.5) is 0 Å². The minimum Gasteiger partial charge on any atom is -0.346 e. The summed E-state index contributed by atoms with van der Waals surface area (Å²) in [7, 11) is 1.91. The minimum atomic E-state index is 0.179. The first-order valence-electron chi connectivity index (χ1n) is 6.72. The second kappa shape index (κ2) is 5.85. The molecule has 1 aliphatic rings. The third kappa shape index (κ3) is 5.53. The Kier molecular flexibility index (Phi) is 4.99. The first-order valence-corrected chi connectivity index (χ1v) is 6.72. The monoisotopic (exact) mass is 240 g/mol. The van der Waals surface area contributed by atoms with Gasteiger partial charge in [0.05, 0.1) is 0 Å². The zero-order valence-corrected chi connectivity index (χ0v) is 12.1. The van der Waals surface area contributed by atoms with Gasteiger partial charge in [-0.3, -0.25) is 4.79 Å². The van der Waals surface area contributed by atoms with Gasteiger partial charge in [0.15, 0.2) is 0 Å². The van der Waals surface area contributed by atoms with E-state index in [0.29, 0.717) is 11.3 Å². The molecule has 1 heterocycles. The molecule has 1 saturated heterocycles. The number of likely N-dealkylation sites (tertiary alicyclic amines) is 1. The average molecular weight is 240 g/mol. The summed E-state index contributed by atoms with van der Waals surface area (Å²) in [5.41, 5.74) is 0.369. The van der Waals surface area contributed by atoms with Gasteiger partial charge >= 0.3 is 0 Å². The van der Waals surface area contributed by atoms with Crippen molar-refractivity contribution in [3.63, 3.8) is 0 Å². The van der Waals surface area contributed by atoms with E-state index < -0.39 is 0 Å². The number of carbonyl (C=O) groups is 1. The third-order valence-electron chi connectivity index (χ3n) is 3.37. The predicted molar refractivity (Wildman–Crippen MR) is 71.9 cm³/mol. The molecule has 0 aromatic heterocycles. The summed E-state index contributed by atoms with van der Waals surface area (Å²) in [6.45, 7) is 13.0. The number of carbonyl (C=O) groups excluding carboxylic acids is 1. The maximum Gasteiger partial charge on any atom is 0.219 e. The topological polar surface area (TPSA) is 23.6 Å². The van der Waals surface area contributed by atoms with Crippen LogP contribution in [0.1, 0.15) is 40.5 Å². The molecule has 0 aliphatic carbocycles. The van der Waals surface area contributed by atoms with E-state index in [1.165, 1.54) is 19.4 Å². The van der Waals surface area contributed by atoms with E-state index in [1.54, 1.807) is 6.92 Å². The number of nitrogens with zero attached hydrogens (tertiary/aromatic N) is 2. The Hall–Kier alpha value is -0.570. The summed E-state index contributed by atoms with van der Waals surface area (Å²) < 4.78 is 0. The molecule has 0 spiro atoms. The first-order chi connectivity index (χ1) is 7.78. The fourth-order valence-electron chi connectivity index (χ4n) is 2.63. The van der Waals surface area contributed by atoms with Crippen LogP contribution < -0.4 is 0 Å². The molecule has 1 amide bonds. The Labute approximate surface area is 106 Å². The van der Waals surface area contributed by atoms with Crippen molar-refractivity contribution >= 4 is 5.91 Å². The van der Waals surface area contributed by atoms with Crippen molar-refractivity contribution in [2.45, 2.75) is 40.5 Å². The van der Waals surface area contributed by atoms with Crippen LogP contribution in [-0.2, 0) is 4.79 Å². The molecule has 0 radical (unpaired) electrons. The molecule has 1 aliphatic heterocycles. The van der Waals surface area contributed by atoms with Crippen LogP contribution in [0.3, 0.4) is 0 Å². The van der Waals surface area contributed by atoms with Gasteiger partial charge < -0.3 is 9.80 Å². The van der Waals surface area contributed by atoms with Crippen molar-refractivity contribution in [3.05, 3.63) is 0 Å². The van der Waals surface area contributed by atoms with E-state index in [-0.39, 0.29) is 5.91 Å². The van der Waals surface area contributed by atoms with E-state index in [9.17, 15) is 4.79 Å². The lowest BCUT2D eigenvalue weighted by atomic mass is 9.92. The zero-order chi connectivity index (χ0) is 13.1. The molecule has 0 aromatic rings. The summed E-state index contributed by atoms with van der Waals surface area (Å²) in [5, 5.41) is 0. The van der Waals surface area contributed by atoms with Crippen LogP contribution in [0.25, 0.3) is 0 Å². The number of hydrogen-bond acceptors (Lipinski definition) is 2. The van der Waals surface area contributed by atoms with E-state index in [2.05, 4.69) is 25.7 Å². The maximum absolute atomic E-state index is 11.2. The Morgan fingerprint density at radius 1 is 1.41 bits per heavy atom. The highest BCUT2D eigenvalue weighted by Gasteiger charge is 2.24. The van der Waals surface area contributed by atoms with Crippen molar-refractivity contribution in [2.75, 3.05) is 33.2 Å². The Morgan fingerprint density at radius 2 is 2.06 bits per heavy atom. The van der Waals surface area contributed by atoms with E-state index in [4.69, 9.17) is 0 Å². The van der Waals surface area contributed by atoms with Gasteiger partial charge in [-0.25, -0.2) is 0 Å². The highest BCUT2D eigenvalue weighted by molar-refractivity contribution is 5.72. The van der Waals surface area contributed by atoms with Crippen LogP contribution in [0, 0.1) is 11.3 Å². The second-order valence-electron chi connectivity index (χ2n) is 6.70. The van der Waals surface area contributed by atoms with Crippen LogP contribution in [0.2, 0.25) is 0 Å². The van der Waals surface area contributed by atoms with Crippen molar-refractivity contribution in [2.24, 2.45) is 11.3 Å². The van der Waals surface area contributed by atoms with Gasteiger partial charge in [0.2, 0.25) is 5.91 Å². The van der Waals surface area contributed by atoms with Crippen LogP contribution in [-0.4, -0.2) is 48.9 Å². The molecule has 0 saturated carbocycles. The van der Waals surface area contributed by atoms with Gasteiger partial charge in [0.25, 0.3) is 0 Å². The molecule has 17 heavy (non-hydrogen) atoms. The molecule has 1 atom stereocenters. The van der Waals surface area contributed by atoms with Gasteiger partial charge in [0.1, 0.15) is 0 Å². The lowest BCUT2D eigenvalue weighted by Crippen LogP contribution is -2.43. The number of rotatable bonds is 3. The van der Waals surface area contributed by atoms with Gasteiger partial charge in [-0.2, -0.15) is 0 Å². The van der Waals surface area contributed by atoms with Crippen LogP contribution in [0.15, 0.2) is 0 Å². The molecule has 0 aromatic carbocycles. The van der Waals surface area contributed by atoms with Crippen molar-refractivity contribution in [3.8, 4) is 0 Å². The van der Waals surface area contributed by atoms with Gasteiger partial charge in [-0.1, -0.05) is 20.8 Å². The first kappa shape index (κ1) is 14.5. The average Bonchev–Trinajstić information content (AvgIpc) is 2.15. The van der Waals surface area contributed by atoms with Gasteiger partial charge in [-0.05, 0) is 30.7 Å². The standard InChI is InChI=1S/C14H28N2O/c1-12(17)15(5)9-13-7-6-8-16(10-13)11-14(2,3)4/h13H,6-11H2,1-5H3/t13-/m0/s1. The lowest BCUT2D eigenvalue weighted by molar-refractivity contribution is -0.128. The smallest absolute Gasteiger partial charge is 0.219 e. The summed E-state index contributed by atoms with van der Waals surface area (Å²) in [4.78, 5) is 15.7. The Balaban J connectivity index is 2.41. The predicted octanol–water partition coefficient (Wildman–Crippen LogP) is 2.22. The van der Waals surface area contributed by atoms with E-state index in [1.807, 2.05) is 11.9 Å². The molecule has 100 valence electrons. The quantitative estimate of drug-likeness (QED) is 0.755. The largest absolute Gasteiger partial charge is 0.346 e. The van der Waals surface area contributed by atoms with Crippen molar-refractivity contribution < 1.29 is 4.79 Å². The minimum absolute atomic E-state index is 0.179. The SMILES string of the molecule is CC(=O)N(C)C[C@@H]1CCCN(CC(C)(C)C)C1. The van der Waals surface area contributed by atoms with Crippen molar-refractivity contribution in [1.82, 2.24) is 9.80 Å². The fourth-order valence-corrected chi connectivity index (χ4v) is 2.63. The number of hydrogen-bond donors (Lipinski definition) is 0. The molecule has 3 nitrogen and oxygen atoms in total. The number of amides is 1. The highest BCUT2D eigenvalue weighted by Crippen LogP contribution is 2.22. The fraction of sp³-hybridized carbons (Fsp3) is 0.929. The summed E-state index contributed by atoms with van der Waals surface area (Å²) in [6, 6.07) is 0. The normalized spacial score (nSPS) is 22.5. The van der Waals surface area contributed by atoms with Gasteiger partial charge in [0, 0.05) is 33.6 Å². The molecule has 0 N–H and O–H groups in total. The summed E-state index contributed by atoms with van der Waals surface area (Å²) in [5.74, 6) is 0.831. The van der Waals surface area contributed by atoms with E-state index >= 15 is 0 Å². The van der Waals surface area contributed by atoms with Crippen molar-refractivity contribution in [1.29, 1.82) is 0 Å². The van der Waals surface area contributed by atoms with E-state index in [0.717, 1.165) is 19.6 Å². The second-order valence-corrected chi connectivity index (χ2v) is 6.70. The Morgan fingerprint density at radius 3 is 2.59 bits per heavy atom.